The fraction of sp³-hybridized carbons (Fsp3) is 0.931. The summed E-state index contributed by atoms with van der Waals surface area (Å²) >= 11 is 0. The summed E-state index contributed by atoms with van der Waals surface area (Å²) in [5.74, 6) is 7.72. The van der Waals surface area contributed by atoms with Crippen molar-refractivity contribution in [3.05, 3.63) is 23.3 Å². The van der Waals surface area contributed by atoms with Gasteiger partial charge in [-0.2, -0.15) is 0 Å². The standard InChI is InChI=1S/C29H50O3.C29H50O2/c1-7-32-29(6,26(31)13-8-19(2)3)25-12-11-23-22-10-9-20-18-21(30)14-16-27(20,4)24(22)15-17-28(23,25)5;1-19(2)8-13-26(30)29(6,31-7)25-12-11-23-22-10-9-21-18-20(3)14-16-27(21,4)24(22)15-17-28(23,25)5/h9,19,21-26,30-31H,7-8,10-18H2,1-6H3;9,19-20,22-26,30H,8,10-18H2,1-7H3/t21?,22?,23?,24?,25?,26-,27-,28-,29-;20?,22?,23?,24?,25?,26-,27-,28-,29-/m11/s1. The first-order valence-electron chi connectivity index (χ1n) is 27.2. The zero-order chi connectivity index (χ0) is 45.9. The van der Waals surface area contributed by atoms with Crippen molar-refractivity contribution < 1.29 is 24.8 Å². The van der Waals surface area contributed by atoms with E-state index in [1.54, 1.807) is 11.1 Å². The van der Waals surface area contributed by atoms with Gasteiger partial charge in [0.25, 0.3) is 0 Å². The van der Waals surface area contributed by atoms with Crippen molar-refractivity contribution in [2.24, 2.45) is 86.8 Å². The van der Waals surface area contributed by atoms with Crippen LogP contribution < -0.4 is 0 Å². The highest BCUT2D eigenvalue weighted by molar-refractivity contribution is 5.27. The summed E-state index contributed by atoms with van der Waals surface area (Å²) in [5, 5.41) is 33.0. The molecular formula is C58H100O5. The third kappa shape index (κ3) is 8.82. The lowest BCUT2D eigenvalue weighted by molar-refractivity contribution is -0.180. The number of aliphatic hydroxyl groups is 3. The van der Waals surface area contributed by atoms with Crippen LogP contribution in [0.25, 0.3) is 0 Å². The van der Waals surface area contributed by atoms with E-state index in [-0.39, 0.29) is 17.6 Å². The molecular weight excluding hydrogens is 777 g/mol. The molecule has 0 aliphatic heterocycles. The van der Waals surface area contributed by atoms with Gasteiger partial charge >= 0.3 is 0 Å². The first kappa shape index (κ1) is 50.2. The van der Waals surface area contributed by atoms with Gasteiger partial charge < -0.3 is 24.8 Å². The molecule has 6 fully saturated rings. The van der Waals surface area contributed by atoms with E-state index in [1.807, 2.05) is 7.11 Å². The Balaban J connectivity index is 0.000000189. The van der Waals surface area contributed by atoms with Gasteiger partial charge in [-0.05, 0) is 236 Å². The Morgan fingerprint density at radius 1 is 0.619 bits per heavy atom. The van der Waals surface area contributed by atoms with Crippen molar-refractivity contribution in [2.45, 2.75) is 241 Å². The van der Waals surface area contributed by atoms with Crippen molar-refractivity contribution in [2.75, 3.05) is 13.7 Å². The molecule has 18 atom stereocenters. The number of ether oxygens (including phenoxy) is 2. The highest BCUT2D eigenvalue weighted by Gasteiger charge is 2.64. The van der Waals surface area contributed by atoms with Gasteiger partial charge in [-0.3, -0.25) is 0 Å². The molecule has 0 spiro atoms. The van der Waals surface area contributed by atoms with Gasteiger partial charge in [0.2, 0.25) is 0 Å². The zero-order valence-corrected chi connectivity index (χ0v) is 43.2. The van der Waals surface area contributed by atoms with Crippen LogP contribution >= 0.6 is 0 Å². The second kappa shape index (κ2) is 19.0. The van der Waals surface area contributed by atoms with Crippen LogP contribution in [-0.2, 0) is 9.47 Å². The lowest BCUT2D eigenvalue weighted by Gasteiger charge is -2.59. The van der Waals surface area contributed by atoms with Gasteiger partial charge in [-0.15, -0.1) is 0 Å². The van der Waals surface area contributed by atoms with Gasteiger partial charge in [0, 0.05) is 13.7 Å². The molecule has 63 heavy (non-hydrogen) atoms. The number of rotatable bonds is 13. The maximum absolute atomic E-state index is 11.4. The number of methoxy groups -OCH3 is 1. The summed E-state index contributed by atoms with van der Waals surface area (Å²) < 4.78 is 12.7. The first-order chi connectivity index (χ1) is 29.6. The summed E-state index contributed by atoms with van der Waals surface area (Å²) in [6, 6.07) is 0. The number of aliphatic hydroxyl groups excluding tert-OH is 3. The van der Waals surface area contributed by atoms with E-state index in [0.29, 0.717) is 46.5 Å². The van der Waals surface area contributed by atoms with Gasteiger partial charge in [0.15, 0.2) is 0 Å². The molecule has 0 heterocycles. The largest absolute Gasteiger partial charge is 0.393 e. The molecule has 8 aliphatic rings. The molecule has 0 aromatic rings. The highest BCUT2D eigenvalue weighted by Crippen LogP contribution is 2.70. The lowest BCUT2D eigenvalue weighted by atomic mass is 9.46. The van der Waals surface area contributed by atoms with E-state index >= 15 is 0 Å². The van der Waals surface area contributed by atoms with Crippen molar-refractivity contribution in [1.29, 1.82) is 0 Å². The molecule has 3 N–H and O–H groups in total. The summed E-state index contributed by atoms with van der Waals surface area (Å²) in [5.41, 5.74) is 3.78. The fourth-order valence-corrected chi connectivity index (χ4v) is 18.2. The average molecular weight is 877 g/mol. The molecule has 0 saturated heterocycles. The zero-order valence-electron chi connectivity index (χ0n) is 43.2. The SMILES string of the molecule is CCO[C@](C)(C1CCC2C3CC=C4CC(O)CC[C@@]4(C)C3CC[C@]21C)[C@H](O)CCC(C)C.CO[C@](C)(C1CCC2C3CC=C4CC(C)CC[C@@]4(C)C3CC[C@]21C)[C@H](O)CCC(C)C. The minimum Gasteiger partial charge on any atom is -0.393 e. The molecule has 362 valence electrons. The van der Waals surface area contributed by atoms with Crippen molar-refractivity contribution >= 4 is 0 Å². The quantitative estimate of drug-likeness (QED) is 0.161. The Kier molecular flexibility index (Phi) is 15.1. The van der Waals surface area contributed by atoms with E-state index < -0.39 is 17.3 Å². The van der Waals surface area contributed by atoms with Crippen LogP contribution in [0, 0.1) is 86.8 Å². The number of hydrogen-bond acceptors (Lipinski definition) is 5. The molecule has 0 aromatic carbocycles. The Hall–Kier alpha value is -0.720. The Bertz CT molecular complexity index is 1620. The van der Waals surface area contributed by atoms with Crippen molar-refractivity contribution in [3.8, 4) is 0 Å². The van der Waals surface area contributed by atoms with Crippen molar-refractivity contribution in [3.63, 3.8) is 0 Å². The van der Waals surface area contributed by atoms with Gasteiger partial charge in [-0.25, -0.2) is 0 Å². The van der Waals surface area contributed by atoms with Crippen LogP contribution in [0.5, 0.6) is 0 Å². The summed E-state index contributed by atoms with van der Waals surface area (Å²) in [6.45, 7) is 28.9. The molecule has 0 amide bonds. The van der Waals surface area contributed by atoms with E-state index in [4.69, 9.17) is 9.47 Å². The fourth-order valence-electron chi connectivity index (χ4n) is 18.2. The third-order valence-corrected chi connectivity index (χ3v) is 22.1. The monoisotopic (exact) mass is 877 g/mol. The molecule has 0 aromatic heterocycles. The first-order valence-corrected chi connectivity index (χ1v) is 27.2. The Labute approximate surface area is 388 Å². The normalized spacial score (nSPS) is 44.8. The molecule has 10 unspecified atom stereocenters. The number of fused-ring (bicyclic) bond motifs is 10. The number of allylic oxidation sites excluding steroid dienone is 3. The topological polar surface area (TPSA) is 79.2 Å². The van der Waals surface area contributed by atoms with E-state index in [9.17, 15) is 15.3 Å². The lowest BCUT2D eigenvalue weighted by Crippen LogP contribution is -2.56. The van der Waals surface area contributed by atoms with Crippen LogP contribution in [0.1, 0.15) is 212 Å². The molecule has 5 nitrogen and oxygen atoms in total. The van der Waals surface area contributed by atoms with Crippen LogP contribution in [-0.4, -0.2) is 58.6 Å². The van der Waals surface area contributed by atoms with E-state index in [1.165, 1.54) is 83.5 Å². The average Bonchev–Trinajstić information content (AvgIpc) is 3.80. The Morgan fingerprint density at radius 3 is 1.56 bits per heavy atom. The van der Waals surface area contributed by atoms with Crippen LogP contribution in [0.2, 0.25) is 0 Å². The molecule has 8 rings (SSSR count). The van der Waals surface area contributed by atoms with Crippen LogP contribution in [0.3, 0.4) is 0 Å². The predicted octanol–water partition coefficient (Wildman–Crippen LogP) is 13.9. The minimum atomic E-state index is -0.450. The second-order valence-corrected chi connectivity index (χ2v) is 26.1. The molecule has 0 radical (unpaired) electrons. The molecule has 0 bridgehead atoms. The van der Waals surface area contributed by atoms with Crippen molar-refractivity contribution in [1.82, 2.24) is 0 Å². The van der Waals surface area contributed by atoms with E-state index in [2.05, 4.69) is 95.2 Å². The van der Waals surface area contributed by atoms with Gasteiger partial charge in [0.05, 0.1) is 29.5 Å². The summed E-state index contributed by atoms with van der Waals surface area (Å²) in [6.07, 6.45) is 28.1. The second-order valence-electron chi connectivity index (χ2n) is 26.1. The van der Waals surface area contributed by atoms with E-state index in [0.717, 1.165) is 86.4 Å². The summed E-state index contributed by atoms with van der Waals surface area (Å²) in [4.78, 5) is 0. The highest BCUT2D eigenvalue weighted by atomic mass is 16.5. The maximum Gasteiger partial charge on any atom is 0.0945 e. The number of hydrogen-bond donors (Lipinski definition) is 3. The summed E-state index contributed by atoms with van der Waals surface area (Å²) in [7, 11) is 1.85. The maximum atomic E-state index is 11.4. The van der Waals surface area contributed by atoms with Crippen LogP contribution in [0.4, 0.5) is 0 Å². The van der Waals surface area contributed by atoms with Gasteiger partial charge in [-0.1, -0.05) is 85.6 Å². The molecule has 8 aliphatic carbocycles. The van der Waals surface area contributed by atoms with Crippen LogP contribution in [0.15, 0.2) is 23.3 Å². The third-order valence-electron chi connectivity index (χ3n) is 22.1. The minimum absolute atomic E-state index is 0.130. The molecule has 5 heteroatoms. The Morgan fingerprint density at radius 2 is 1.08 bits per heavy atom. The van der Waals surface area contributed by atoms with Gasteiger partial charge in [0.1, 0.15) is 0 Å². The smallest absolute Gasteiger partial charge is 0.0945 e. The molecule has 6 saturated carbocycles. The predicted molar refractivity (Wildman–Crippen MR) is 261 cm³/mol.